The molecule has 1 saturated heterocycles. The molecule has 1 aromatic rings. The van der Waals surface area contributed by atoms with Gasteiger partial charge in [-0.05, 0) is 82.9 Å². The Morgan fingerprint density at radius 1 is 1.23 bits per heavy atom. The van der Waals surface area contributed by atoms with Gasteiger partial charge in [0.1, 0.15) is 11.7 Å². The molecule has 0 amide bonds. The molecule has 6 atom stereocenters. The first kappa shape index (κ1) is 19.2. The predicted molar refractivity (Wildman–Crippen MR) is 116 cm³/mol. The molecule has 7 aliphatic rings. The summed E-state index contributed by atoms with van der Waals surface area (Å²) in [6.07, 6.45) is 7.72. The van der Waals surface area contributed by atoms with E-state index < -0.39 is 11.2 Å². The van der Waals surface area contributed by atoms with Crippen molar-refractivity contribution in [1.29, 1.82) is 0 Å². The van der Waals surface area contributed by atoms with Crippen molar-refractivity contribution in [1.82, 2.24) is 4.90 Å². The maximum Gasteiger partial charge on any atom is 0.165 e. The predicted octanol–water partition coefficient (Wildman–Crippen LogP) is 3.39. The van der Waals surface area contributed by atoms with Gasteiger partial charge in [-0.3, -0.25) is 4.90 Å². The van der Waals surface area contributed by atoms with Crippen molar-refractivity contribution >= 4 is 0 Å². The summed E-state index contributed by atoms with van der Waals surface area (Å²) in [6.45, 7) is 6.23. The zero-order chi connectivity index (χ0) is 21.4. The largest absolute Gasteiger partial charge is 0.504 e. The van der Waals surface area contributed by atoms with Gasteiger partial charge in [0.05, 0.1) is 5.60 Å². The molecule has 2 aliphatic heterocycles. The minimum Gasteiger partial charge on any atom is -0.504 e. The number of rotatable bonds is 4. The van der Waals surface area contributed by atoms with Crippen LogP contribution in [0.4, 0.5) is 0 Å². The number of phenolic OH excluding ortho intramolecular Hbond substituents is 1. The molecule has 5 nitrogen and oxygen atoms in total. The van der Waals surface area contributed by atoms with E-state index in [4.69, 9.17) is 9.47 Å². The maximum absolute atomic E-state index is 11.4. The third kappa shape index (κ3) is 2.02. The summed E-state index contributed by atoms with van der Waals surface area (Å²) < 4.78 is 13.2. The van der Waals surface area contributed by atoms with Gasteiger partial charge in [0, 0.05) is 42.0 Å². The Kier molecular flexibility index (Phi) is 3.47. The second-order valence-corrected chi connectivity index (χ2v) is 12.1. The Balaban J connectivity index is 1.49. The van der Waals surface area contributed by atoms with Crippen LogP contribution in [0.3, 0.4) is 0 Å². The highest BCUT2D eigenvalue weighted by molar-refractivity contribution is 5.63. The number of likely N-dealkylation sites (tertiary alicyclic amines) is 1. The van der Waals surface area contributed by atoms with Crippen LogP contribution in [0.15, 0.2) is 12.1 Å². The highest BCUT2D eigenvalue weighted by Gasteiger charge is 2.81. The second-order valence-electron chi connectivity index (χ2n) is 12.1. The fourth-order valence-corrected chi connectivity index (χ4v) is 9.23. The summed E-state index contributed by atoms with van der Waals surface area (Å²) >= 11 is 0. The molecule has 4 bridgehead atoms. The van der Waals surface area contributed by atoms with E-state index in [2.05, 4.69) is 11.0 Å². The number of ether oxygens (including phenoxy) is 2. The van der Waals surface area contributed by atoms with Crippen LogP contribution in [0.1, 0.15) is 63.5 Å². The van der Waals surface area contributed by atoms with Gasteiger partial charge < -0.3 is 19.7 Å². The van der Waals surface area contributed by atoms with E-state index in [1.165, 1.54) is 30.5 Å². The van der Waals surface area contributed by atoms with Crippen LogP contribution < -0.4 is 4.74 Å². The quantitative estimate of drug-likeness (QED) is 0.774. The molecular weight excluding hydrogens is 390 g/mol. The van der Waals surface area contributed by atoms with Crippen molar-refractivity contribution < 1.29 is 19.7 Å². The van der Waals surface area contributed by atoms with Gasteiger partial charge in [0.25, 0.3) is 0 Å². The fourth-order valence-electron chi connectivity index (χ4n) is 9.23. The van der Waals surface area contributed by atoms with E-state index in [0.29, 0.717) is 11.8 Å². The zero-order valence-electron chi connectivity index (χ0n) is 19.0. The third-order valence-electron chi connectivity index (χ3n) is 10.5. The molecular formula is C26H35NO4. The van der Waals surface area contributed by atoms with Crippen LogP contribution in [0.2, 0.25) is 0 Å². The van der Waals surface area contributed by atoms with Crippen LogP contribution >= 0.6 is 0 Å². The minimum absolute atomic E-state index is 0.0123. The van der Waals surface area contributed by atoms with Gasteiger partial charge in [-0.1, -0.05) is 6.07 Å². The number of benzene rings is 1. The Hall–Kier alpha value is -1.30. The Labute approximate surface area is 184 Å². The lowest BCUT2D eigenvalue weighted by molar-refractivity contribution is -0.300. The number of hydrogen-bond acceptors (Lipinski definition) is 5. The molecule has 168 valence electrons. The second kappa shape index (κ2) is 5.60. The third-order valence-corrected chi connectivity index (χ3v) is 10.5. The first-order valence-electron chi connectivity index (χ1n) is 12.3. The van der Waals surface area contributed by atoms with Crippen molar-refractivity contribution in [2.75, 3.05) is 20.2 Å². The standard InChI is InChI=1S/C26H35NO4/c1-23(2,29)18-13-24-8-9-26(18,30-3)22-25(24)10-11-27(14-15-4-5-15)19(24)12-16-6-7-17(28)21(31-22)20(16)25/h6-7,15,18-19,22,28-29H,4-5,8-14H2,1-3H3/t18?,19-,22-,24+,25+,26+/m1/s1. The van der Waals surface area contributed by atoms with Crippen LogP contribution in [0, 0.1) is 17.3 Å². The van der Waals surface area contributed by atoms with Gasteiger partial charge in [-0.2, -0.15) is 0 Å². The van der Waals surface area contributed by atoms with Gasteiger partial charge >= 0.3 is 0 Å². The van der Waals surface area contributed by atoms with E-state index in [9.17, 15) is 10.2 Å². The summed E-state index contributed by atoms with van der Waals surface area (Å²) in [5, 5.41) is 22.2. The molecule has 2 spiro atoms. The summed E-state index contributed by atoms with van der Waals surface area (Å²) in [4.78, 5) is 2.81. The smallest absolute Gasteiger partial charge is 0.165 e. The van der Waals surface area contributed by atoms with Crippen molar-refractivity contribution in [2.24, 2.45) is 17.3 Å². The normalized spacial score (nSPS) is 44.8. The number of fused-ring (bicyclic) bond motifs is 2. The zero-order valence-corrected chi connectivity index (χ0v) is 19.0. The molecule has 5 heteroatoms. The highest BCUT2D eigenvalue weighted by Crippen LogP contribution is 2.77. The van der Waals surface area contributed by atoms with Gasteiger partial charge in [0.2, 0.25) is 0 Å². The van der Waals surface area contributed by atoms with E-state index in [1.807, 2.05) is 27.0 Å². The molecule has 5 fully saturated rings. The number of piperidine rings is 1. The van der Waals surface area contributed by atoms with E-state index in [0.717, 1.165) is 44.6 Å². The topological polar surface area (TPSA) is 62.2 Å². The van der Waals surface area contributed by atoms with Crippen LogP contribution in [0.25, 0.3) is 0 Å². The summed E-state index contributed by atoms with van der Waals surface area (Å²) in [7, 11) is 1.81. The summed E-state index contributed by atoms with van der Waals surface area (Å²) in [5.74, 6) is 1.86. The van der Waals surface area contributed by atoms with Crippen LogP contribution in [-0.4, -0.2) is 58.7 Å². The molecule has 2 N–H and O–H groups in total. The number of hydrogen-bond donors (Lipinski definition) is 2. The van der Waals surface area contributed by atoms with Crippen molar-refractivity contribution in [2.45, 2.75) is 87.6 Å². The minimum atomic E-state index is -0.846. The van der Waals surface area contributed by atoms with Gasteiger partial charge in [-0.15, -0.1) is 0 Å². The van der Waals surface area contributed by atoms with Gasteiger partial charge in [0.15, 0.2) is 11.5 Å². The SMILES string of the molecule is CO[C@@]12CC[C@]3(CC1C(C)(C)O)[C@H]1Cc4ccc(O)c5c4[C@@]3(CCN1CC1CC1)[C@H]2O5. The number of nitrogens with zero attached hydrogens (tertiary/aromatic N) is 1. The Morgan fingerprint density at radius 3 is 2.74 bits per heavy atom. The number of aliphatic hydroxyl groups is 1. The molecule has 1 unspecified atom stereocenters. The lowest BCUT2D eigenvalue weighted by Crippen LogP contribution is -2.82. The first-order valence-corrected chi connectivity index (χ1v) is 12.3. The van der Waals surface area contributed by atoms with E-state index in [-0.39, 0.29) is 28.6 Å². The lowest BCUT2D eigenvalue weighted by Gasteiger charge is -2.75. The average molecular weight is 426 g/mol. The van der Waals surface area contributed by atoms with E-state index in [1.54, 1.807) is 0 Å². The lowest BCUT2D eigenvalue weighted by atomic mass is 9.34. The number of phenols is 1. The van der Waals surface area contributed by atoms with Crippen molar-refractivity contribution in [3.05, 3.63) is 23.3 Å². The molecule has 8 rings (SSSR count). The molecule has 31 heavy (non-hydrogen) atoms. The Morgan fingerprint density at radius 2 is 2.03 bits per heavy atom. The fraction of sp³-hybridized carbons (Fsp3) is 0.769. The van der Waals surface area contributed by atoms with Crippen molar-refractivity contribution in [3.8, 4) is 11.5 Å². The molecule has 1 aromatic carbocycles. The molecule has 2 heterocycles. The monoisotopic (exact) mass is 425 g/mol. The Bertz CT molecular complexity index is 967. The molecule has 4 saturated carbocycles. The van der Waals surface area contributed by atoms with Gasteiger partial charge in [-0.25, -0.2) is 0 Å². The van der Waals surface area contributed by atoms with Crippen molar-refractivity contribution in [3.63, 3.8) is 0 Å². The average Bonchev–Trinajstić information content (AvgIpc) is 3.47. The van der Waals surface area contributed by atoms with Crippen LogP contribution in [-0.2, 0) is 16.6 Å². The number of methoxy groups -OCH3 is 1. The summed E-state index contributed by atoms with van der Waals surface area (Å²) in [5.41, 5.74) is 1.24. The van der Waals surface area contributed by atoms with E-state index >= 15 is 0 Å². The molecule has 5 aliphatic carbocycles. The first-order chi connectivity index (χ1) is 14.8. The molecule has 0 radical (unpaired) electrons. The highest BCUT2D eigenvalue weighted by atomic mass is 16.6. The maximum atomic E-state index is 11.4. The summed E-state index contributed by atoms with van der Waals surface area (Å²) in [6, 6.07) is 4.46. The number of aromatic hydroxyl groups is 1. The van der Waals surface area contributed by atoms with Crippen LogP contribution in [0.5, 0.6) is 11.5 Å². The molecule has 0 aromatic heterocycles.